The Kier molecular flexibility index (Phi) is 3.48. The molecule has 0 saturated heterocycles. The highest BCUT2D eigenvalue weighted by atomic mass is 16.5. The first-order valence-electron chi connectivity index (χ1n) is 4.46. The molecule has 0 heterocycles. The van der Waals surface area contributed by atoms with Crippen molar-refractivity contribution >= 4 is 5.78 Å². The van der Waals surface area contributed by atoms with E-state index in [0.717, 1.165) is 25.9 Å². The van der Waals surface area contributed by atoms with Crippen LogP contribution in [0.1, 0.15) is 26.2 Å². The molecule has 1 aliphatic rings. The average molecular weight is 168 g/mol. The zero-order valence-electron chi connectivity index (χ0n) is 7.80. The van der Waals surface area contributed by atoms with Crippen molar-refractivity contribution in [2.24, 2.45) is 5.92 Å². The van der Waals surface area contributed by atoms with Gasteiger partial charge in [0.2, 0.25) is 0 Å². The van der Waals surface area contributed by atoms with Crippen molar-refractivity contribution in [2.75, 3.05) is 13.7 Å². The summed E-state index contributed by atoms with van der Waals surface area (Å²) >= 11 is 0. The first kappa shape index (κ1) is 9.46. The molecule has 0 bridgehead atoms. The molecule has 0 fully saturated rings. The van der Waals surface area contributed by atoms with Crippen LogP contribution in [0.15, 0.2) is 11.6 Å². The Hall–Kier alpha value is -0.630. The molecule has 2 nitrogen and oxygen atoms in total. The number of rotatable bonds is 3. The second-order valence-electron chi connectivity index (χ2n) is 3.40. The first-order valence-corrected chi connectivity index (χ1v) is 4.46. The normalized spacial score (nSPS) is 20.5. The van der Waals surface area contributed by atoms with Crippen LogP contribution in [0.5, 0.6) is 0 Å². The van der Waals surface area contributed by atoms with Gasteiger partial charge in [-0.2, -0.15) is 0 Å². The fourth-order valence-electron chi connectivity index (χ4n) is 1.56. The van der Waals surface area contributed by atoms with Crippen LogP contribution < -0.4 is 0 Å². The van der Waals surface area contributed by atoms with Crippen LogP contribution in [0.2, 0.25) is 0 Å². The van der Waals surface area contributed by atoms with Crippen LogP contribution in [0.4, 0.5) is 0 Å². The molecule has 0 aromatic carbocycles. The van der Waals surface area contributed by atoms with E-state index in [1.165, 1.54) is 5.57 Å². The fraction of sp³-hybridized carbons (Fsp3) is 0.700. The molecule has 0 N–H and O–H groups in total. The Labute approximate surface area is 73.6 Å². The third-order valence-electron chi connectivity index (χ3n) is 2.28. The number of carbonyl (C=O) groups is 1. The molecule has 68 valence electrons. The van der Waals surface area contributed by atoms with Gasteiger partial charge in [-0.05, 0) is 18.9 Å². The Bertz CT molecular complexity index is 194. The number of carbonyl (C=O) groups excluding carboxylic acids is 1. The molecule has 12 heavy (non-hydrogen) atoms. The van der Waals surface area contributed by atoms with Gasteiger partial charge in [-0.15, -0.1) is 0 Å². The Morgan fingerprint density at radius 1 is 1.58 bits per heavy atom. The second kappa shape index (κ2) is 4.41. The molecular formula is C10H16O2. The maximum Gasteiger partial charge on any atom is 0.155 e. The summed E-state index contributed by atoms with van der Waals surface area (Å²) in [6, 6.07) is 0. The summed E-state index contributed by atoms with van der Waals surface area (Å²) in [5, 5.41) is 0. The van der Waals surface area contributed by atoms with Gasteiger partial charge >= 0.3 is 0 Å². The maximum atomic E-state index is 11.1. The van der Waals surface area contributed by atoms with Crippen LogP contribution >= 0.6 is 0 Å². The van der Waals surface area contributed by atoms with Crippen LogP contribution in [0.25, 0.3) is 0 Å². The van der Waals surface area contributed by atoms with E-state index in [1.54, 1.807) is 13.2 Å². The number of allylic oxidation sites excluding steroid dienone is 1. The standard InChI is InChI=1S/C10H16O2/c1-8(7-12-2)9-4-3-5-10(11)6-9/h6,8H,3-5,7H2,1-2H3. The first-order chi connectivity index (χ1) is 5.74. The number of ketones is 1. The van der Waals surface area contributed by atoms with Gasteiger partial charge in [0.15, 0.2) is 5.78 Å². The summed E-state index contributed by atoms with van der Waals surface area (Å²) in [6.45, 7) is 2.83. The zero-order valence-corrected chi connectivity index (χ0v) is 7.80. The van der Waals surface area contributed by atoms with Crippen molar-refractivity contribution in [3.05, 3.63) is 11.6 Å². The molecule has 0 aromatic heterocycles. The number of methoxy groups -OCH3 is 1. The molecule has 0 spiro atoms. The molecule has 1 unspecified atom stereocenters. The third-order valence-corrected chi connectivity index (χ3v) is 2.28. The summed E-state index contributed by atoms with van der Waals surface area (Å²) in [6.07, 6.45) is 4.60. The molecule has 1 atom stereocenters. The average Bonchev–Trinajstić information content (AvgIpc) is 2.05. The molecule has 0 aliphatic heterocycles. The highest BCUT2D eigenvalue weighted by Gasteiger charge is 2.14. The quantitative estimate of drug-likeness (QED) is 0.643. The molecular weight excluding hydrogens is 152 g/mol. The maximum absolute atomic E-state index is 11.1. The van der Waals surface area contributed by atoms with Crippen molar-refractivity contribution in [1.29, 1.82) is 0 Å². The van der Waals surface area contributed by atoms with Gasteiger partial charge < -0.3 is 4.74 Å². The van der Waals surface area contributed by atoms with Crippen LogP contribution in [0.3, 0.4) is 0 Å². The van der Waals surface area contributed by atoms with Gasteiger partial charge in [-0.1, -0.05) is 12.5 Å². The summed E-state index contributed by atoms with van der Waals surface area (Å²) in [7, 11) is 1.70. The van der Waals surface area contributed by atoms with Crippen molar-refractivity contribution in [1.82, 2.24) is 0 Å². The summed E-state index contributed by atoms with van der Waals surface area (Å²) in [4.78, 5) is 11.1. The predicted molar refractivity (Wildman–Crippen MR) is 48.0 cm³/mol. The van der Waals surface area contributed by atoms with Gasteiger partial charge in [0, 0.05) is 19.4 Å². The van der Waals surface area contributed by atoms with Gasteiger partial charge in [-0.25, -0.2) is 0 Å². The van der Waals surface area contributed by atoms with Gasteiger partial charge in [0.05, 0.1) is 6.61 Å². The number of hydrogen-bond donors (Lipinski definition) is 0. The van der Waals surface area contributed by atoms with Crippen LogP contribution in [-0.4, -0.2) is 19.5 Å². The molecule has 0 radical (unpaired) electrons. The topological polar surface area (TPSA) is 26.3 Å². The molecule has 2 heteroatoms. The van der Waals surface area contributed by atoms with Gasteiger partial charge in [0.25, 0.3) is 0 Å². The summed E-state index contributed by atoms with van der Waals surface area (Å²) in [5.41, 5.74) is 1.26. The SMILES string of the molecule is COCC(C)C1=CC(=O)CCC1. The van der Waals surface area contributed by atoms with Crippen molar-refractivity contribution in [3.63, 3.8) is 0 Å². The van der Waals surface area contributed by atoms with E-state index < -0.39 is 0 Å². The lowest BCUT2D eigenvalue weighted by Crippen LogP contribution is -2.12. The Morgan fingerprint density at radius 2 is 2.33 bits per heavy atom. The minimum absolute atomic E-state index is 0.277. The molecule has 1 rings (SSSR count). The highest BCUT2D eigenvalue weighted by molar-refractivity contribution is 5.91. The smallest absolute Gasteiger partial charge is 0.155 e. The van der Waals surface area contributed by atoms with E-state index >= 15 is 0 Å². The van der Waals surface area contributed by atoms with Gasteiger partial charge in [-0.3, -0.25) is 4.79 Å². The molecule has 0 aromatic rings. The molecule has 0 saturated carbocycles. The monoisotopic (exact) mass is 168 g/mol. The summed E-state index contributed by atoms with van der Waals surface area (Å²) < 4.78 is 5.04. The van der Waals surface area contributed by atoms with E-state index in [2.05, 4.69) is 6.92 Å². The Morgan fingerprint density at radius 3 is 2.92 bits per heavy atom. The third kappa shape index (κ3) is 2.45. The lowest BCUT2D eigenvalue weighted by molar-refractivity contribution is -0.115. The fourth-order valence-corrected chi connectivity index (χ4v) is 1.56. The van der Waals surface area contributed by atoms with Crippen LogP contribution in [-0.2, 0) is 9.53 Å². The molecule has 1 aliphatic carbocycles. The molecule has 0 amide bonds. The van der Waals surface area contributed by atoms with E-state index in [-0.39, 0.29) is 5.78 Å². The minimum atomic E-state index is 0.277. The lowest BCUT2D eigenvalue weighted by Gasteiger charge is -2.17. The van der Waals surface area contributed by atoms with Crippen LogP contribution in [0, 0.1) is 5.92 Å². The van der Waals surface area contributed by atoms with Crippen molar-refractivity contribution in [3.8, 4) is 0 Å². The van der Waals surface area contributed by atoms with E-state index in [1.807, 2.05) is 0 Å². The Balaban J connectivity index is 2.54. The van der Waals surface area contributed by atoms with E-state index in [9.17, 15) is 4.79 Å². The van der Waals surface area contributed by atoms with E-state index in [4.69, 9.17) is 4.74 Å². The van der Waals surface area contributed by atoms with Crippen molar-refractivity contribution < 1.29 is 9.53 Å². The number of hydrogen-bond acceptors (Lipinski definition) is 2. The largest absolute Gasteiger partial charge is 0.384 e. The summed E-state index contributed by atoms with van der Waals surface area (Å²) in [5.74, 6) is 0.679. The predicted octanol–water partition coefficient (Wildman–Crippen LogP) is 1.95. The van der Waals surface area contributed by atoms with Crippen molar-refractivity contribution in [2.45, 2.75) is 26.2 Å². The minimum Gasteiger partial charge on any atom is -0.384 e. The van der Waals surface area contributed by atoms with E-state index in [0.29, 0.717) is 5.92 Å². The highest BCUT2D eigenvalue weighted by Crippen LogP contribution is 2.22. The lowest BCUT2D eigenvalue weighted by atomic mass is 9.90. The zero-order chi connectivity index (χ0) is 8.97. The van der Waals surface area contributed by atoms with Gasteiger partial charge in [0.1, 0.15) is 0 Å². The number of ether oxygens (including phenoxy) is 1. The second-order valence-corrected chi connectivity index (χ2v) is 3.40.